The number of alkyl halides is 2. The van der Waals surface area contributed by atoms with Crippen LogP contribution in [-0.4, -0.2) is 11.5 Å². The molecular formula is C10H14F2N2. The van der Waals surface area contributed by atoms with Gasteiger partial charge in [0.15, 0.2) is 0 Å². The van der Waals surface area contributed by atoms with Gasteiger partial charge in [-0.2, -0.15) is 0 Å². The fourth-order valence-electron chi connectivity index (χ4n) is 1.21. The van der Waals surface area contributed by atoms with Crippen molar-refractivity contribution in [2.75, 3.05) is 6.54 Å². The van der Waals surface area contributed by atoms with Crippen LogP contribution in [0.5, 0.6) is 0 Å². The van der Waals surface area contributed by atoms with E-state index in [4.69, 9.17) is 0 Å². The van der Waals surface area contributed by atoms with Crippen LogP contribution in [0.4, 0.5) is 8.78 Å². The number of pyridine rings is 1. The van der Waals surface area contributed by atoms with Gasteiger partial charge in [0.05, 0.1) is 5.69 Å². The number of nitrogens with one attached hydrogen (secondary N) is 1. The molecule has 0 radical (unpaired) electrons. The molecule has 0 aliphatic heterocycles. The molecule has 0 saturated heterocycles. The molecule has 2 nitrogen and oxygen atoms in total. The van der Waals surface area contributed by atoms with Gasteiger partial charge in [-0.15, -0.1) is 0 Å². The monoisotopic (exact) mass is 200 g/mol. The first-order valence-corrected chi connectivity index (χ1v) is 4.62. The zero-order chi connectivity index (χ0) is 10.6. The van der Waals surface area contributed by atoms with E-state index in [1.54, 1.807) is 6.07 Å². The topological polar surface area (TPSA) is 24.9 Å². The number of nitrogens with zero attached hydrogens (tertiary/aromatic N) is 1. The van der Waals surface area contributed by atoms with Crippen molar-refractivity contribution in [3.8, 4) is 0 Å². The molecule has 1 aromatic rings. The Morgan fingerprint density at radius 1 is 1.43 bits per heavy atom. The second-order valence-corrected chi connectivity index (χ2v) is 3.10. The molecule has 0 unspecified atom stereocenters. The van der Waals surface area contributed by atoms with E-state index in [0.717, 1.165) is 12.2 Å². The molecule has 78 valence electrons. The van der Waals surface area contributed by atoms with Crippen molar-refractivity contribution in [3.63, 3.8) is 0 Å². The minimum absolute atomic E-state index is 0.0301. The molecule has 0 aliphatic carbocycles. The molecule has 1 heterocycles. The summed E-state index contributed by atoms with van der Waals surface area (Å²) in [5.74, 6) is 0. The van der Waals surface area contributed by atoms with Crippen LogP contribution in [-0.2, 0) is 0 Å². The number of halogens is 2. The molecule has 1 aromatic heterocycles. The average molecular weight is 200 g/mol. The minimum Gasteiger partial charge on any atom is -0.309 e. The standard InChI is InChI=1S/C10H14F2N2/c1-3-13-7(2)9-5-4-8(6-14-9)10(11)12/h4-7,10,13H,3H2,1-2H3/t7-/m1/s1. The van der Waals surface area contributed by atoms with Gasteiger partial charge in [0.25, 0.3) is 6.43 Å². The average Bonchev–Trinajstić information content (AvgIpc) is 2.18. The van der Waals surface area contributed by atoms with E-state index >= 15 is 0 Å². The third-order valence-electron chi connectivity index (χ3n) is 2.02. The SMILES string of the molecule is CCN[C@H](C)c1ccc(C(F)F)cn1. The largest absolute Gasteiger partial charge is 0.309 e. The van der Waals surface area contributed by atoms with Crippen LogP contribution in [0.2, 0.25) is 0 Å². The lowest BCUT2D eigenvalue weighted by Gasteiger charge is -2.11. The maximum atomic E-state index is 12.2. The van der Waals surface area contributed by atoms with Crippen LogP contribution < -0.4 is 5.32 Å². The fraction of sp³-hybridized carbons (Fsp3) is 0.500. The Balaban J connectivity index is 2.72. The molecule has 1 atom stereocenters. The third kappa shape index (κ3) is 2.73. The highest BCUT2D eigenvalue weighted by Gasteiger charge is 2.09. The van der Waals surface area contributed by atoms with Gasteiger partial charge in [0, 0.05) is 17.8 Å². The molecule has 0 amide bonds. The molecule has 0 aromatic carbocycles. The Hall–Kier alpha value is -1.03. The summed E-state index contributed by atoms with van der Waals surface area (Å²) in [6.07, 6.45) is -1.21. The Morgan fingerprint density at radius 3 is 2.57 bits per heavy atom. The smallest absolute Gasteiger partial charge is 0.265 e. The molecule has 0 saturated carbocycles. The van der Waals surface area contributed by atoms with Gasteiger partial charge >= 0.3 is 0 Å². The van der Waals surface area contributed by atoms with Gasteiger partial charge in [0.2, 0.25) is 0 Å². The number of aromatic nitrogens is 1. The van der Waals surface area contributed by atoms with Crippen molar-refractivity contribution in [1.29, 1.82) is 0 Å². The zero-order valence-electron chi connectivity index (χ0n) is 8.30. The van der Waals surface area contributed by atoms with Gasteiger partial charge in [-0.1, -0.05) is 6.92 Å². The molecule has 0 bridgehead atoms. The highest BCUT2D eigenvalue weighted by Crippen LogP contribution is 2.18. The summed E-state index contributed by atoms with van der Waals surface area (Å²) in [5.41, 5.74) is 0.758. The Labute approximate surface area is 82.4 Å². The zero-order valence-corrected chi connectivity index (χ0v) is 8.30. The van der Waals surface area contributed by atoms with E-state index in [0.29, 0.717) is 0 Å². The summed E-state index contributed by atoms with van der Waals surface area (Å²) >= 11 is 0. The molecule has 1 N–H and O–H groups in total. The first kappa shape index (κ1) is 11.0. The van der Waals surface area contributed by atoms with Gasteiger partial charge in [-0.3, -0.25) is 4.98 Å². The van der Waals surface area contributed by atoms with E-state index < -0.39 is 6.43 Å². The molecule has 4 heteroatoms. The maximum Gasteiger partial charge on any atom is 0.265 e. The van der Waals surface area contributed by atoms with Gasteiger partial charge < -0.3 is 5.32 Å². The van der Waals surface area contributed by atoms with Crippen molar-refractivity contribution in [2.24, 2.45) is 0 Å². The molecule has 0 aliphatic rings. The Kier molecular flexibility index (Phi) is 3.95. The van der Waals surface area contributed by atoms with Gasteiger partial charge in [-0.25, -0.2) is 8.78 Å². The summed E-state index contributed by atoms with van der Waals surface area (Å²) in [7, 11) is 0. The molecule has 14 heavy (non-hydrogen) atoms. The number of hydrogen-bond donors (Lipinski definition) is 1. The summed E-state index contributed by atoms with van der Waals surface area (Å²) < 4.78 is 24.4. The third-order valence-corrected chi connectivity index (χ3v) is 2.02. The van der Waals surface area contributed by atoms with Crippen LogP contribution in [0.15, 0.2) is 18.3 Å². The van der Waals surface area contributed by atoms with Crippen molar-refractivity contribution < 1.29 is 8.78 Å². The number of hydrogen-bond acceptors (Lipinski definition) is 2. The van der Waals surface area contributed by atoms with Crippen LogP contribution >= 0.6 is 0 Å². The van der Waals surface area contributed by atoms with E-state index in [1.807, 2.05) is 13.8 Å². The van der Waals surface area contributed by atoms with Crippen molar-refractivity contribution in [1.82, 2.24) is 10.3 Å². The Morgan fingerprint density at radius 2 is 2.14 bits per heavy atom. The molecule has 1 rings (SSSR count). The fourth-order valence-corrected chi connectivity index (χ4v) is 1.21. The highest BCUT2D eigenvalue weighted by atomic mass is 19.3. The van der Waals surface area contributed by atoms with Crippen molar-refractivity contribution in [2.45, 2.75) is 26.3 Å². The first-order valence-electron chi connectivity index (χ1n) is 4.62. The predicted octanol–water partition coefficient (Wildman–Crippen LogP) is 2.69. The molecule has 0 spiro atoms. The summed E-state index contributed by atoms with van der Waals surface area (Å²) in [6.45, 7) is 4.78. The second-order valence-electron chi connectivity index (χ2n) is 3.10. The summed E-state index contributed by atoms with van der Waals surface area (Å²) in [4.78, 5) is 3.98. The van der Waals surface area contributed by atoms with Gasteiger partial charge in [0.1, 0.15) is 0 Å². The maximum absolute atomic E-state index is 12.2. The number of rotatable bonds is 4. The van der Waals surface area contributed by atoms with Crippen LogP contribution in [0.1, 0.15) is 37.6 Å². The Bertz CT molecular complexity index is 272. The van der Waals surface area contributed by atoms with Crippen LogP contribution in [0.3, 0.4) is 0 Å². The van der Waals surface area contributed by atoms with Crippen molar-refractivity contribution >= 4 is 0 Å². The second kappa shape index (κ2) is 5.00. The summed E-state index contributed by atoms with van der Waals surface area (Å²) in [6, 6.07) is 3.15. The molecule has 0 fully saturated rings. The highest BCUT2D eigenvalue weighted by molar-refractivity contribution is 5.16. The summed E-state index contributed by atoms with van der Waals surface area (Å²) in [5, 5.41) is 3.16. The van der Waals surface area contributed by atoms with Crippen molar-refractivity contribution in [3.05, 3.63) is 29.6 Å². The van der Waals surface area contributed by atoms with E-state index in [2.05, 4.69) is 10.3 Å². The van der Waals surface area contributed by atoms with Gasteiger partial charge in [-0.05, 0) is 25.6 Å². The normalized spacial score (nSPS) is 13.2. The molecular weight excluding hydrogens is 186 g/mol. The first-order chi connectivity index (χ1) is 6.65. The lowest BCUT2D eigenvalue weighted by Crippen LogP contribution is -2.18. The predicted molar refractivity (Wildman–Crippen MR) is 51.3 cm³/mol. The van der Waals surface area contributed by atoms with E-state index in [-0.39, 0.29) is 11.6 Å². The quantitative estimate of drug-likeness (QED) is 0.808. The van der Waals surface area contributed by atoms with E-state index in [9.17, 15) is 8.78 Å². The van der Waals surface area contributed by atoms with E-state index in [1.165, 1.54) is 12.3 Å². The van der Waals surface area contributed by atoms with Crippen LogP contribution in [0.25, 0.3) is 0 Å². The van der Waals surface area contributed by atoms with Crippen LogP contribution in [0, 0.1) is 0 Å². The lowest BCUT2D eigenvalue weighted by molar-refractivity contribution is 0.151. The minimum atomic E-state index is -2.44. The lowest BCUT2D eigenvalue weighted by atomic mass is 10.2.